The largest absolute Gasteiger partial charge is 0.507 e. The van der Waals surface area contributed by atoms with E-state index in [0.717, 1.165) is 43.1 Å². The fourth-order valence-electron chi connectivity index (χ4n) is 3.11. The molecule has 0 unspecified atom stereocenters. The summed E-state index contributed by atoms with van der Waals surface area (Å²) >= 11 is 0. The Kier molecular flexibility index (Phi) is 2.47. The molecule has 0 saturated heterocycles. The number of sulfone groups is 1. The van der Waals surface area contributed by atoms with Crippen LogP contribution in [0.15, 0.2) is 17.0 Å². The monoisotopic (exact) mass is 268 g/mol. The van der Waals surface area contributed by atoms with Crippen LogP contribution in [0.3, 0.4) is 0 Å². The first-order valence-electron chi connectivity index (χ1n) is 6.13. The van der Waals surface area contributed by atoms with E-state index in [4.69, 9.17) is 4.74 Å². The first-order valence-corrected chi connectivity index (χ1v) is 8.02. The van der Waals surface area contributed by atoms with Gasteiger partial charge in [-0.1, -0.05) is 12.8 Å². The van der Waals surface area contributed by atoms with Crippen molar-refractivity contribution in [3.8, 4) is 5.75 Å². The van der Waals surface area contributed by atoms with E-state index in [-0.39, 0.29) is 16.2 Å². The predicted molar refractivity (Wildman–Crippen MR) is 66.2 cm³/mol. The van der Waals surface area contributed by atoms with E-state index >= 15 is 0 Å². The lowest BCUT2D eigenvalue weighted by Gasteiger charge is -2.24. The van der Waals surface area contributed by atoms with Gasteiger partial charge in [0.05, 0.1) is 12.2 Å². The SMILES string of the molecule is CS(=O)(=O)c1cc2c(cc1O)COC21CCCC1. The van der Waals surface area contributed by atoms with Crippen LogP contribution in [0.5, 0.6) is 5.75 Å². The number of hydrogen-bond donors (Lipinski definition) is 1. The van der Waals surface area contributed by atoms with Crippen molar-refractivity contribution in [1.29, 1.82) is 0 Å². The van der Waals surface area contributed by atoms with Gasteiger partial charge in [-0.15, -0.1) is 0 Å². The smallest absolute Gasteiger partial charge is 0.179 e. The highest BCUT2D eigenvalue weighted by atomic mass is 32.2. The molecule has 1 aromatic rings. The summed E-state index contributed by atoms with van der Waals surface area (Å²) in [5, 5.41) is 9.81. The first-order chi connectivity index (χ1) is 8.42. The van der Waals surface area contributed by atoms with E-state index < -0.39 is 9.84 Å². The zero-order valence-electron chi connectivity index (χ0n) is 10.3. The second-order valence-corrected chi connectivity index (χ2v) is 7.22. The fraction of sp³-hybridized carbons (Fsp3) is 0.538. The molecule has 1 saturated carbocycles. The van der Waals surface area contributed by atoms with E-state index in [1.807, 2.05) is 0 Å². The lowest BCUT2D eigenvalue weighted by molar-refractivity contribution is -0.0325. The van der Waals surface area contributed by atoms with Gasteiger partial charge < -0.3 is 9.84 Å². The summed E-state index contributed by atoms with van der Waals surface area (Å²) < 4.78 is 29.2. The van der Waals surface area contributed by atoms with Crippen molar-refractivity contribution in [3.63, 3.8) is 0 Å². The van der Waals surface area contributed by atoms with Gasteiger partial charge in [0.2, 0.25) is 0 Å². The van der Waals surface area contributed by atoms with Crippen LogP contribution >= 0.6 is 0 Å². The number of phenolic OH excluding ortho intramolecular Hbond substituents is 1. The molecule has 1 fully saturated rings. The molecule has 98 valence electrons. The standard InChI is InChI=1S/C13H16O4S/c1-18(15,16)12-7-10-9(6-11(12)14)8-17-13(10)4-2-3-5-13/h6-7,14H,2-5,8H2,1H3. The minimum absolute atomic E-state index is 0.0121. The summed E-state index contributed by atoms with van der Waals surface area (Å²) in [5.74, 6) is -0.171. The van der Waals surface area contributed by atoms with Crippen LogP contribution in [0.25, 0.3) is 0 Å². The van der Waals surface area contributed by atoms with Gasteiger partial charge in [-0.05, 0) is 36.1 Å². The summed E-state index contributed by atoms with van der Waals surface area (Å²) in [7, 11) is -3.41. The average molecular weight is 268 g/mol. The van der Waals surface area contributed by atoms with E-state index in [1.54, 1.807) is 12.1 Å². The lowest BCUT2D eigenvalue weighted by Crippen LogP contribution is -2.20. The van der Waals surface area contributed by atoms with Gasteiger partial charge in [-0.2, -0.15) is 0 Å². The number of ether oxygens (including phenoxy) is 1. The van der Waals surface area contributed by atoms with Crippen molar-refractivity contribution in [3.05, 3.63) is 23.3 Å². The summed E-state index contributed by atoms with van der Waals surface area (Å²) in [6.07, 6.45) is 5.20. The maximum Gasteiger partial charge on any atom is 0.179 e. The molecule has 1 N–H and O–H groups in total. The molecule has 18 heavy (non-hydrogen) atoms. The molecule has 0 radical (unpaired) electrons. The quantitative estimate of drug-likeness (QED) is 0.847. The van der Waals surface area contributed by atoms with Crippen LogP contribution in [0.2, 0.25) is 0 Å². The third-order valence-electron chi connectivity index (χ3n) is 3.99. The Labute approximate surface area is 107 Å². The fourth-order valence-corrected chi connectivity index (χ4v) is 3.88. The molecule has 0 amide bonds. The number of phenols is 1. The molecule has 4 nitrogen and oxygen atoms in total. The number of fused-ring (bicyclic) bond motifs is 2. The number of benzene rings is 1. The summed E-state index contributed by atoms with van der Waals surface area (Å²) in [6, 6.07) is 3.15. The van der Waals surface area contributed by atoms with Crippen LogP contribution in [-0.2, 0) is 26.8 Å². The molecule has 1 spiro atoms. The minimum Gasteiger partial charge on any atom is -0.507 e. The molecule has 1 heterocycles. The van der Waals surface area contributed by atoms with Gasteiger partial charge in [-0.25, -0.2) is 8.42 Å². The molecular weight excluding hydrogens is 252 g/mol. The van der Waals surface area contributed by atoms with Crippen LogP contribution in [0.1, 0.15) is 36.8 Å². The molecule has 0 atom stereocenters. The Balaban J connectivity index is 2.19. The van der Waals surface area contributed by atoms with Crippen LogP contribution < -0.4 is 0 Å². The average Bonchev–Trinajstić information content (AvgIpc) is 2.86. The molecule has 3 rings (SSSR count). The summed E-state index contributed by atoms with van der Waals surface area (Å²) in [5.41, 5.74) is 1.57. The van der Waals surface area contributed by atoms with Gasteiger partial charge in [-0.3, -0.25) is 0 Å². The highest BCUT2D eigenvalue weighted by molar-refractivity contribution is 7.90. The van der Waals surface area contributed by atoms with E-state index in [2.05, 4.69) is 0 Å². The van der Waals surface area contributed by atoms with Gasteiger partial charge in [0.25, 0.3) is 0 Å². The second kappa shape index (κ2) is 3.71. The van der Waals surface area contributed by atoms with Crippen molar-refractivity contribution in [1.82, 2.24) is 0 Å². The molecule has 0 bridgehead atoms. The number of hydrogen-bond acceptors (Lipinski definition) is 4. The number of rotatable bonds is 1. The third kappa shape index (κ3) is 1.65. The van der Waals surface area contributed by atoms with Crippen molar-refractivity contribution in [2.45, 2.75) is 42.8 Å². The molecule has 1 aliphatic carbocycles. The first kappa shape index (κ1) is 12.0. The van der Waals surface area contributed by atoms with E-state index in [9.17, 15) is 13.5 Å². The summed E-state index contributed by atoms with van der Waals surface area (Å²) in [4.78, 5) is 0.0121. The Morgan fingerprint density at radius 2 is 1.94 bits per heavy atom. The molecule has 5 heteroatoms. The van der Waals surface area contributed by atoms with Crippen molar-refractivity contribution in [2.24, 2.45) is 0 Å². The minimum atomic E-state index is -3.41. The summed E-state index contributed by atoms with van der Waals surface area (Å²) in [6.45, 7) is 0.465. The Hall–Kier alpha value is -1.07. The molecule has 2 aliphatic rings. The van der Waals surface area contributed by atoms with Crippen LogP contribution in [0.4, 0.5) is 0 Å². The second-order valence-electron chi connectivity index (χ2n) is 5.24. The number of aromatic hydroxyl groups is 1. The van der Waals surface area contributed by atoms with Crippen LogP contribution in [0, 0.1) is 0 Å². The highest BCUT2D eigenvalue weighted by Crippen LogP contribution is 2.49. The maximum absolute atomic E-state index is 11.7. The van der Waals surface area contributed by atoms with Gasteiger partial charge >= 0.3 is 0 Å². The van der Waals surface area contributed by atoms with E-state index in [1.165, 1.54) is 0 Å². The topological polar surface area (TPSA) is 63.6 Å². The van der Waals surface area contributed by atoms with E-state index in [0.29, 0.717) is 6.61 Å². The Bertz CT molecular complexity index is 598. The van der Waals surface area contributed by atoms with Gasteiger partial charge in [0.15, 0.2) is 9.84 Å². The van der Waals surface area contributed by atoms with Crippen molar-refractivity contribution in [2.75, 3.05) is 6.26 Å². The third-order valence-corrected chi connectivity index (χ3v) is 5.12. The molecule has 0 aromatic heterocycles. The van der Waals surface area contributed by atoms with Crippen molar-refractivity contribution < 1.29 is 18.3 Å². The van der Waals surface area contributed by atoms with Gasteiger partial charge in [0, 0.05) is 6.26 Å². The maximum atomic E-state index is 11.7. The highest BCUT2D eigenvalue weighted by Gasteiger charge is 2.43. The Morgan fingerprint density at radius 1 is 1.28 bits per heavy atom. The molecular formula is C13H16O4S. The van der Waals surface area contributed by atoms with Crippen LogP contribution in [-0.4, -0.2) is 19.8 Å². The normalized spacial score (nSPS) is 21.4. The lowest BCUT2D eigenvalue weighted by atomic mass is 9.91. The Morgan fingerprint density at radius 3 is 2.56 bits per heavy atom. The van der Waals surface area contributed by atoms with Crippen molar-refractivity contribution >= 4 is 9.84 Å². The zero-order valence-corrected chi connectivity index (χ0v) is 11.1. The zero-order chi connectivity index (χ0) is 13.0. The molecule has 1 aromatic carbocycles. The van der Waals surface area contributed by atoms with Gasteiger partial charge in [0.1, 0.15) is 10.6 Å². The predicted octanol–water partition coefficient (Wildman–Crippen LogP) is 2.10. The molecule has 1 aliphatic heterocycles.